The molecule has 3 heteroatoms. The fourth-order valence-corrected chi connectivity index (χ4v) is 2.61. The van der Waals surface area contributed by atoms with Gasteiger partial charge in [-0.25, -0.2) is 0 Å². The minimum Gasteiger partial charge on any atom is -0.385 e. The van der Waals surface area contributed by atoms with Crippen molar-refractivity contribution in [2.24, 2.45) is 11.8 Å². The highest BCUT2D eigenvalue weighted by Gasteiger charge is 2.41. The summed E-state index contributed by atoms with van der Waals surface area (Å²) in [7, 11) is 3.15. The summed E-state index contributed by atoms with van der Waals surface area (Å²) in [5, 5.41) is 10.4. The molecule has 0 heterocycles. The first-order chi connectivity index (χ1) is 7.02. The van der Waals surface area contributed by atoms with Gasteiger partial charge < -0.3 is 14.6 Å². The Bertz CT molecular complexity index is 179. The van der Waals surface area contributed by atoms with Gasteiger partial charge in [-0.3, -0.25) is 0 Å². The molecule has 1 unspecified atom stereocenters. The fourth-order valence-electron chi connectivity index (χ4n) is 2.61. The van der Waals surface area contributed by atoms with Gasteiger partial charge in [-0.15, -0.1) is 0 Å². The van der Waals surface area contributed by atoms with Crippen LogP contribution in [0, 0.1) is 11.8 Å². The molecule has 0 aromatic heterocycles. The van der Waals surface area contributed by atoms with E-state index in [9.17, 15) is 5.11 Å². The summed E-state index contributed by atoms with van der Waals surface area (Å²) in [6.45, 7) is 4.10. The Hall–Kier alpha value is -0.120. The molecule has 0 saturated heterocycles. The number of hydrogen-bond donors (Lipinski definition) is 1. The van der Waals surface area contributed by atoms with Gasteiger partial charge in [0, 0.05) is 14.2 Å². The summed E-state index contributed by atoms with van der Waals surface area (Å²) in [6.07, 6.45) is 4.01. The fraction of sp³-hybridized carbons (Fsp3) is 1.00. The minimum atomic E-state index is -0.871. The third kappa shape index (κ3) is 2.92. The van der Waals surface area contributed by atoms with Crippen molar-refractivity contribution < 1.29 is 14.6 Å². The van der Waals surface area contributed by atoms with Crippen molar-refractivity contribution in [2.75, 3.05) is 14.2 Å². The lowest BCUT2D eigenvalue weighted by Gasteiger charge is -2.40. The van der Waals surface area contributed by atoms with Crippen LogP contribution in [0.2, 0.25) is 0 Å². The zero-order chi connectivity index (χ0) is 11.5. The second-order valence-corrected chi connectivity index (χ2v) is 4.99. The Morgan fingerprint density at radius 1 is 1.13 bits per heavy atom. The van der Waals surface area contributed by atoms with E-state index in [1.54, 1.807) is 14.2 Å². The summed E-state index contributed by atoms with van der Waals surface area (Å²) in [4.78, 5) is 0. The smallest absolute Gasteiger partial charge is 0.185 e. The van der Waals surface area contributed by atoms with E-state index in [2.05, 4.69) is 6.92 Å². The molecule has 0 radical (unpaired) electrons. The van der Waals surface area contributed by atoms with E-state index in [0.717, 1.165) is 18.8 Å². The van der Waals surface area contributed by atoms with E-state index >= 15 is 0 Å². The van der Waals surface area contributed by atoms with E-state index in [1.165, 1.54) is 12.8 Å². The van der Waals surface area contributed by atoms with Gasteiger partial charge >= 0.3 is 0 Å². The van der Waals surface area contributed by atoms with E-state index in [-0.39, 0.29) is 0 Å². The largest absolute Gasteiger partial charge is 0.385 e. The van der Waals surface area contributed by atoms with E-state index < -0.39 is 11.9 Å². The summed E-state index contributed by atoms with van der Waals surface area (Å²) >= 11 is 0. The van der Waals surface area contributed by atoms with Gasteiger partial charge in [-0.2, -0.15) is 0 Å². The van der Waals surface area contributed by atoms with Crippen LogP contribution in [0.3, 0.4) is 0 Å². The third-order valence-electron chi connectivity index (χ3n) is 3.75. The van der Waals surface area contributed by atoms with Crippen LogP contribution in [-0.4, -0.2) is 31.2 Å². The molecule has 90 valence electrons. The van der Waals surface area contributed by atoms with Crippen molar-refractivity contribution in [3.63, 3.8) is 0 Å². The maximum Gasteiger partial charge on any atom is 0.185 e. The first-order valence-corrected chi connectivity index (χ1v) is 5.80. The molecular formula is C12H24O3. The van der Waals surface area contributed by atoms with Crippen molar-refractivity contribution in [1.29, 1.82) is 0 Å². The lowest BCUT2D eigenvalue weighted by atomic mass is 9.74. The van der Waals surface area contributed by atoms with Crippen LogP contribution in [0.1, 0.15) is 39.5 Å². The van der Waals surface area contributed by atoms with Crippen LogP contribution in [-0.2, 0) is 9.47 Å². The zero-order valence-electron chi connectivity index (χ0n) is 10.3. The van der Waals surface area contributed by atoms with Crippen LogP contribution >= 0.6 is 0 Å². The van der Waals surface area contributed by atoms with Crippen molar-refractivity contribution in [3.05, 3.63) is 0 Å². The number of ether oxygens (including phenoxy) is 2. The topological polar surface area (TPSA) is 38.7 Å². The molecular weight excluding hydrogens is 192 g/mol. The predicted molar refractivity (Wildman–Crippen MR) is 59.6 cm³/mol. The van der Waals surface area contributed by atoms with E-state index in [0.29, 0.717) is 5.92 Å². The molecule has 0 aromatic carbocycles. The molecule has 1 fully saturated rings. The highest BCUT2D eigenvalue weighted by Crippen LogP contribution is 2.37. The minimum absolute atomic E-state index is 0.290. The number of rotatable bonds is 4. The molecule has 0 aliphatic heterocycles. The Kier molecular flexibility index (Phi) is 4.56. The maximum atomic E-state index is 10.4. The highest BCUT2D eigenvalue weighted by atomic mass is 16.7. The maximum absolute atomic E-state index is 10.4. The van der Waals surface area contributed by atoms with Gasteiger partial charge in [0.05, 0.1) is 0 Å². The average molecular weight is 216 g/mol. The highest BCUT2D eigenvalue weighted by molar-refractivity contribution is 4.88. The first-order valence-electron chi connectivity index (χ1n) is 5.80. The second-order valence-electron chi connectivity index (χ2n) is 4.99. The lowest BCUT2D eigenvalue weighted by Crippen LogP contribution is -2.49. The molecule has 1 rings (SSSR count). The zero-order valence-corrected chi connectivity index (χ0v) is 10.3. The summed E-state index contributed by atoms with van der Waals surface area (Å²) in [5.74, 6) is 1.08. The third-order valence-corrected chi connectivity index (χ3v) is 3.75. The molecule has 1 atom stereocenters. The van der Waals surface area contributed by atoms with Crippen molar-refractivity contribution in [2.45, 2.75) is 51.4 Å². The van der Waals surface area contributed by atoms with Gasteiger partial charge in [-0.1, -0.05) is 19.8 Å². The van der Waals surface area contributed by atoms with Crippen molar-refractivity contribution in [1.82, 2.24) is 0 Å². The Balaban J connectivity index is 2.59. The van der Waals surface area contributed by atoms with Crippen LogP contribution in [0.5, 0.6) is 0 Å². The van der Waals surface area contributed by atoms with Gasteiger partial charge in [0.25, 0.3) is 0 Å². The number of aliphatic hydroxyl groups is 1. The van der Waals surface area contributed by atoms with Crippen molar-refractivity contribution >= 4 is 0 Å². The van der Waals surface area contributed by atoms with Gasteiger partial charge in [0.2, 0.25) is 0 Å². The monoisotopic (exact) mass is 216 g/mol. The van der Waals surface area contributed by atoms with Gasteiger partial charge in [-0.05, 0) is 31.6 Å². The molecule has 1 N–H and O–H groups in total. The van der Waals surface area contributed by atoms with Gasteiger partial charge in [0.1, 0.15) is 5.60 Å². The SMILES string of the molecule is COC(OC)C(C)(O)C1CCC(C)CC1. The van der Waals surface area contributed by atoms with Crippen molar-refractivity contribution in [3.8, 4) is 0 Å². The Labute approximate surface area is 92.8 Å². The number of hydrogen-bond acceptors (Lipinski definition) is 3. The summed E-state index contributed by atoms with van der Waals surface area (Å²) in [6, 6.07) is 0. The standard InChI is InChI=1S/C12H24O3/c1-9-5-7-10(8-6-9)12(2,13)11(14-3)15-4/h9-11,13H,5-8H2,1-4H3. The molecule has 0 spiro atoms. The Morgan fingerprint density at radius 3 is 2.00 bits per heavy atom. The summed E-state index contributed by atoms with van der Waals surface area (Å²) < 4.78 is 10.3. The first kappa shape index (κ1) is 12.9. The van der Waals surface area contributed by atoms with Crippen LogP contribution in [0.15, 0.2) is 0 Å². The van der Waals surface area contributed by atoms with Crippen LogP contribution < -0.4 is 0 Å². The van der Waals surface area contributed by atoms with Crippen LogP contribution in [0.4, 0.5) is 0 Å². The molecule has 0 amide bonds. The molecule has 1 aliphatic rings. The second kappa shape index (κ2) is 5.28. The molecule has 15 heavy (non-hydrogen) atoms. The molecule has 1 saturated carbocycles. The number of methoxy groups -OCH3 is 2. The average Bonchev–Trinajstić information content (AvgIpc) is 2.19. The quantitative estimate of drug-likeness (QED) is 0.732. The predicted octanol–water partition coefficient (Wildman–Crippen LogP) is 2.18. The Morgan fingerprint density at radius 2 is 1.60 bits per heavy atom. The molecule has 0 aromatic rings. The molecule has 3 nitrogen and oxygen atoms in total. The van der Waals surface area contributed by atoms with E-state index in [1.807, 2.05) is 6.92 Å². The normalized spacial score (nSPS) is 31.6. The lowest BCUT2D eigenvalue weighted by molar-refractivity contribution is -0.231. The van der Waals surface area contributed by atoms with Crippen LogP contribution in [0.25, 0.3) is 0 Å². The molecule has 0 bridgehead atoms. The van der Waals surface area contributed by atoms with E-state index in [4.69, 9.17) is 9.47 Å². The molecule has 1 aliphatic carbocycles. The van der Waals surface area contributed by atoms with Gasteiger partial charge in [0.15, 0.2) is 6.29 Å². The summed E-state index contributed by atoms with van der Waals surface area (Å²) in [5.41, 5.74) is -0.871.